The van der Waals surface area contributed by atoms with E-state index in [1.165, 1.54) is 0 Å². The first-order valence-corrected chi connectivity index (χ1v) is 10.1. The average molecular weight is 543 g/mol. The summed E-state index contributed by atoms with van der Waals surface area (Å²) >= 11 is 0. The van der Waals surface area contributed by atoms with Gasteiger partial charge in [-0.15, -0.1) is 24.0 Å². The van der Waals surface area contributed by atoms with E-state index >= 15 is 0 Å². The Morgan fingerprint density at radius 1 is 0.903 bits per heavy atom. The number of ether oxygens (including phenoxy) is 4. The molecule has 2 aromatic rings. The summed E-state index contributed by atoms with van der Waals surface area (Å²) in [5.41, 5.74) is 2.29. The summed E-state index contributed by atoms with van der Waals surface area (Å²) in [5.74, 6) is 3.09. The Hall–Kier alpha value is -2.20. The van der Waals surface area contributed by atoms with E-state index in [2.05, 4.69) is 21.7 Å². The zero-order valence-corrected chi connectivity index (χ0v) is 21.1. The molecule has 0 aliphatic carbocycles. The number of benzene rings is 2. The van der Waals surface area contributed by atoms with Crippen LogP contribution in [0.4, 0.5) is 0 Å². The van der Waals surface area contributed by atoms with Crippen LogP contribution in [0, 0.1) is 0 Å². The molecule has 0 aliphatic heterocycles. The molecular formula is C23H34IN3O4. The molecule has 0 heterocycles. The molecule has 0 atom stereocenters. The van der Waals surface area contributed by atoms with E-state index in [-0.39, 0.29) is 24.0 Å². The molecule has 0 aromatic heterocycles. The van der Waals surface area contributed by atoms with Crippen LogP contribution in [-0.4, -0.2) is 54.1 Å². The van der Waals surface area contributed by atoms with Gasteiger partial charge in [-0.25, -0.2) is 0 Å². The van der Waals surface area contributed by atoms with Crippen molar-refractivity contribution < 1.29 is 18.9 Å². The van der Waals surface area contributed by atoms with Gasteiger partial charge in [-0.2, -0.15) is 0 Å². The second kappa shape index (κ2) is 15.6. The van der Waals surface area contributed by atoms with Crippen LogP contribution in [0.15, 0.2) is 47.5 Å². The Bertz CT molecular complexity index is 802. The molecule has 2 N–H and O–H groups in total. The van der Waals surface area contributed by atoms with E-state index < -0.39 is 0 Å². The Morgan fingerprint density at radius 2 is 1.71 bits per heavy atom. The second-order valence-electron chi connectivity index (χ2n) is 6.63. The highest BCUT2D eigenvalue weighted by Crippen LogP contribution is 2.27. The number of nitrogens with one attached hydrogen (secondary N) is 2. The van der Waals surface area contributed by atoms with Gasteiger partial charge in [0, 0.05) is 40.3 Å². The van der Waals surface area contributed by atoms with Crippen molar-refractivity contribution in [1.82, 2.24) is 10.6 Å². The first kappa shape index (κ1) is 26.8. The van der Waals surface area contributed by atoms with Crippen LogP contribution in [0.25, 0.3) is 0 Å². The molecule has 0 amide bonds. The third-order valence-electron chi connectivity index (χ3n) is 4.50. The van der Waals surface area contributed by atoms with Crippen molar-refractivity contribution in [2.75, 3.05) is 48.1 Å². The third kappa shape index (κ3) is 9.65. The fourth-order valence-corrected chi connectivity index (χ4v) is 2.91. The molecule has 0 unspecified atom stereocenters. The highest BCUT2D eigenvalue weighted by Gasteiger charge is 2.05. The zero-order valence-electron chi connectivity index (χ0n) is 18.8. The second-order valence-corrected chi connectivity index (χ2v) is 6.63. The average Bonchev–Trinajstić information content (AvgIpc) is 2.79. The first-order valence-electron chi connectivity index (χ1n) is 10.1. The van der Waals surface area contributed by atoms with Gasteiger partial charge in [0.05, 0.1) is 20.8 Å². The van der Waals surface area contributed by atoms with Crippen molar-refractivity contribution in [1.29, 1.82) is 0 Å². The molecule has 2 aromatic carbocycles. The summed E-state index contributed by atoms with van der Waals surface area (Å²) in [5, 5.41) is 6.67. The molecule has 172 valence electrons. The van der Waals surface area contributed by atoms with Crippen LogP contribution in [-0.2, 0) is 17.7 Å². The van der Waals surface area contributed by atoms with Gasteiger partial charge >= 0.3 is 0 Å². The SMILES string of the molecule is CN=C(NCCc1ccc(OC)c(OC)c1)NCc1cccc(OCCCOC)c1.I. The largest absolute Gasteiger partial charge is 0.493 e. The van der Waals surface area contributed by atoms with Crippen molar-refractivity contribution >= 4 is 29.9 Å². The van der Waals surface area contributed by atoms with Gasteiger partial charge in [0.1, 0.15) is 5.75 Å². The van der Waals surface area contributed by atoms with Crippen LogP contribution in [0.5, 0.6) is 17.2 Å². The Kier molecular flexibility index (Phi) is 13.5. The van der Waals surface area contributed by atoms with Gasteiger partial charge in [0.25, 0.3) is 0 Å². The van der Waals surface area contributed by atoms with Gasteiger partial charge in [-0.1, -0.05) is 18.2 Å². The Balaban J connectivity index is 0.00000480. The highest BCUT2D eigenvalue weighted by atomic mass is 127. The molecule has 0 radical (unpaired) electrons. The Morgan fingerprint density at radius 3 is 2.42 bits per heavy atom. The highest BCUT2D eigenvalue weighted by molar-refractivity contribution is 14.0. The zero-order chi connectivity index (χ0) is 21.6. The van der Waals surface area contributed by atoms with Gasteiger partial charge in [-0.05, 0) is 41.8 Å². The lowest BCUT2D eigenvalue weighted by Crippen LogP contribution is -2.37. The summed E-state index contributed by atoms with van der Waals surface area (Å²) in [6, 6.07) is 14.0. The van der Waals surface area contributed by atoms with E-state index in [1.807, 2.05) is 36.4 Å². The monoisotopic (exact) mass is 543 g/mol. The van der Waals surface area contributed by atoms with E-state index in [0.29, 0.717) is 19.8 Å². The van der Waals surface area contributed by atoms with Crippen LogP contribution in [0.1, 0.15) is 17.5 Å². The maximum atomic E-state index is 5.76. The number of methoxy groups -OCH3 is 3. The van der Waals surface area contributed by atoms with Gasteiger partial charge < -0.3 is 29.6 Å². The summed E-state index contributed by atoms with van der Waals surface area (Å²) in [4.78, 5) is 4.29. The molecule has 0 spiro atoms. The van der Waals surface area contributed by atoms with E-state index in [9.17, 15) is 0 Å². The maximum Gasteiger partial charge on any atom is 0.191 e. The van der Waals surface area contributed by atoms with Gasteiger partial charge in [0.2, 0.25) is 0 Å². The smallest absolute Gasteiger partial charge is 0.191 e. The molecule has 0 bridgehead atoms. The fraction of sp³-hybridized carbons (Fsp3) is 0.435. The van der Waals surface area contributed by atoms with Crippen LogP contribution in [0.2, 0.25) is 0 Å². The molecule has 0 saturated heterocycles. The van der Waals surface area contributed by atoms with Crippen molar-refractivity contribution in [3.8, 4) is 17.2 Å². The van der Waals surface area contributed by atoms with Crippen LogP contribution in [0.3, 0.4) is 0 Å². The quantitative estimate of drug-likeness (QED) is 0.184. The van der Waals surface area contributed by atoms with Crippen molar-refractivity contribution in [3.63, 3.8) is 0 Å². The molecular weight excluding hydrogens is 509 g/mol. The number of aliphatic imine (C=N–C) groups is 1. The van der Waals surface area contributed by atoms with Crippen molar-refractivity contribution in [2.24, 2.45) is 4.99 Å². The number of hydrogen-bond acceptors (Lipinski definition) is 5. The number of halogens is 1. The summed E-state index contributed by atoms with van der Waals surface area (Å²) in [6.45, 7) is 2.75. The molecule has 7 nitrogen and oxygen atoms in total. The van der Waals surface area contributed by atoms with Crippen LogP contribution < -0.4 is 24.8 Å². The predicted octanol–water partition coefficient (Wildman–Crippen LogP) is 3.64. The van der Waals surface area contributed by atoms with Crippen molar-refractivity contribution in [3.05, 3.63) is 53.6 Å². The van der Waals surface area contributed by atoms with Gasteiger partial charge in [-0.3, -0.25) is 4.99 Å². The lowest BCUT2D eigenvalue weighted by Gasteiger charge is -2.14. The maximum absolute atomic E-state index is 5.76. The fourth-order valence-electron chi connectivity index (χ4n) is 2.91. The molecule has 0 saturated carbocycles. The number of hydrogen-bond donors (Lipinski definition) is 2. The molecule has 31 heavy (non-hydrogen) atoms. The van der Waals surface area contributed by atoms with E-state index in [0.717, 1.165) is 53.7 Å². The lowest BCUT2D eigenvalue weighted by molar-refractivity contribution is 0.172. The minimum atomic E-state index is 0. The number of rotatable bonds is 12. The minimum absolute atomic E-state index is 0. The number of guanidine groups is 1. The Labute approximate surface area is 202 Å². The summed E-state index contributed by atoms with van der Waals surface area (Å²) in [6.07, 6.45) is 1.71. The minimum Gasteiger partial charge on any atom is -0.493 e. The van der Waals surface area contributed by atoms with E-state index in [4.69, 9.17) is 18.9 Å². The third-order valence-corrected chi connectivity index (χ3v) is 4.50. The van der Waals surface area contributed by atoms with Gasteiger partial charge in [0.15, 0.2) is 17.5 Å². The topological polar surface area (TPSA) is 73.3 Å². The molecule has 8 heteroatoms. The summed E-state index contributed by atoms with van der Waals surface area (Å²) < 4.78 is 21.4. The molecule has 0 aliphatic rings. The van der Waals surface area contributed by atoms with Crippen molar-refractivity contribution in [2.45, 2.75) is 19.4 Å². The van der Waals surface area contributed by atoms with Crippen LogP contribution >= 0.6 is 24.0 Å². The normalized spacial score (nSPS) is 10.8. The lowest BCUT2D eigenvalue weighted by atomic mass is 10.1. The van der Waals surface area contributed by atoms with E-state index in [1.54, 1.807) is 28.4 Å². The first-order chi connectivity index (χ1) is 14.7. The predicted molar refractivity (Wildman–Crippen MR) is 135 cm³/mol. The number of nitrogens with zero attached hydrogens (tertiary/aromatic N) is 1. The molecule has 0 fully saturated rings. The standard InChI is InChI=1S/C23H33N3O4.HI/c1-24-23(25-12-11-18-9-10-21(28-3)22(16-18)29-4)26-17-19-7-5-8-20(15-19)30-14-6-13-27-2;/h5,7-10,15-16H,6,11-14,17H2,1-4H3,(H2,24,25,26);1H. The summed E-state index contributed by atoms with van der Waals surface area (Å²) in [7, 11) is 6.74. The molecule has 2 rings (SSSR count).